The van der Waals surface area contributed by atoms with Gasteiger partial charge in [-0.2, -0.15) is 0 Å². The Bertz CT molecular complexity index is 791. The number of amides is 2. The van der Waals surface area contributed by atoms with Crippen LogP contribution in [0.5, 0.6) is 5.75 Å². The molecule has 0 aliphatic rings. The fourth-order valence-corrected chi connectivity index (χ4v) is 2.19. The second kappa shape index (κ2) is 8.30. The van der Waals surface area contributed by atoms with Gasteiger partial charge in [0.05, 0.1) is 0 Å². The van der Waals surface area contributed by atoms with Crippen molar-refractivity contribution in [1.29, 1.82) is 0 Å². The van der Waals surface area contributed by atoms with Crippen molar-refractivity contribution in [1.82, 2.24) is 15.4 Å². The molecular weight excluding hydrogens is 378 g/mol. The van der Waals surface area contributed by atoms with E-state index in [2.05, 4.69) is 26.8 Å². The molecule has 0 bridgehead atoms. The molecule has 0 saturated heterocycles. The summed E-state index contributed by atoms with van der Waals surface area (Å²) in [7, 11) is 0. The fourth-order valence-electron chi connectivity index (χ4n) is 1.82. The smallest absolute Gasteiger partial charge is 0.279 e. The zero-order valence-corrected chi connectivity index (χ0v) is 14.4. The Morgan fingerprint density at radius 3 is 2.71 bits per heavy atom. The highest BCUT2D eigenvalue weighted by molar-refractivity contribution is 9.10. The van der Waals surface area contributed by atoms with E-state index in [1.165, 1.54) is 16.8 Å². The third-order valence-electron chi connectivity index (χ3n) is 3.02. The van der Waals surface area contributed by atoms with E-state index in [-0.39, 0.29) is 12.1 Å². The molecule has 1 heterocycles. The second-order valence-electron chi connectivity index (χ2n) is 4.92. The first-order valence-electron chi connectivity index (χ1n) is 7.12. The van der Waals surface area contributed by atoms with Crippen LogP contribution in [0.25, 0.3) is 0 Å². The molecule has 1 aromatic heterocycles. The summed E-state index contributed by atoms with van der Waals surface area (Å²) in [6.45, 7) is 1.37. The Morgan fingerprint density at radius 2 is 2.00 bits per heavy atom. The van der Waals surface area contributed by atoms with Crippen LogP contribution in [-0.2, 0) is 16.1 Å². The average Bonchev–Trinajstić information content (AvgIpc) is 2.54. The molecule has 8 heteroatoms. The molecule has 0 spiro atoms. The summed E-state index contributed by atoms with van der Waals surface area (Å²) in [5, 5.41) is 0. The largest absolute Gasteiger partial charge is 0.481 e. The maximum atomic E-state index is 11.9. The molecule has 0 radical (unpaired) electrons. The van der Waals surface area contributed by atoms with Crippen LogP contribution < -0.4 is 21.1 Å². The Hall–Kier alpha value is -2.61. The van der Waals surface area contributed by atoms with E-state index in [0.29, 0.717) is 5.75 Å². The molecule has 0 aliphatic heterocycles. The maximum absolute atomic E-state index is 11.9. The van der Waals surface area contributed by atoms with Gasteiger partial charge in [-0.15, -0.1) is 0 Å². The number of rotatable bonds is 5. The van der Waals surface area contributed by atoms with Gasteiger partial charge in [0.1, 0.15) is 12.3 Å². The number of carbonyl (C=O) groups excluding carboxylic acids is 2. The van der Waals surface area contributed by atoms with Crippen molar-refractivity contribution >= 4 is 27.7 Å². The number of halogens is 1. The first kappa shape index (κ1) is 17.7. The van der Waals surface area contributed by atoms with Gasteiger partial charge in [0.2, 0.25) is 0 Å². The molecule has 2 rings (SSSR count). The minimum absolute atomic E-state index is 0.194. The van der Waals surface area contributed by atoms with Gasteiger partial charge in [0, 0.05) is 16.7 Å². The van der Waals surface area contributed by atoms with E-state index >= 15 is 0 Å². The van der Waals surface area contributed by atoms with Crippen LogP contribution in [0.1, 0.15) is 6.92 Å². The maximum Gasteiger partial charge on any atom is 0.279 e. The Kier molecular flexibility index (Phi) is 6.14. The van der Waals surface area contributed by atoms with Crippen LogP contribution >= 0.6 is 15.9 Å². The number of nitrogens with one attached hydrogen (secondary N) is 2. The van der Waals surface area contributed by atoms with Gasteiger partial charge in [-0.25, -0.2) is 0 Å². The second-order valence-corrected chi connectivity index (χ2v) is 5.84. The molecule has 0 saturated carbocycles. The summed E-state index contributed by atoms with van der Waals surface area (Å²) in [6, 6.07) is 11.6. The first-order chi connectivity index (χ1) is 11.5. The lowest BCUT2D eigenvalue weighted by Gasteiger charge is -2.15. The zero-order valence-electron chi connectivity index (χ0n) is 12.9. The number of hydrazine groups is 1. The lowest BCUT2D eigenvalue weighted by atomic mass is 10.3. The topological polar surface area (TPSA) is 89.4 Å². The minimum atomic E-state index is -0.806. The number of hydrogen-bond donors (Lipinski definition) is 2. The normalized spacial score (nSPS) is 11.4. The van der Waals surface area contributed by atoms with Crippen LogP contribution in [0.3, 0.4) is 0 Å². The number of carbonyl (C=O) groups is 2. The number of hydrogen-bond acceptors (Lipinski definition) is 4. The molecule has 2 amide bonds. The molecule has 2 N–H and O–H groups in total. The van der Waals surface area contributed by atoms with Gasteiger partial charge in [-0.1, -0.05) is 28.1 Å². The molecule has 7 nitrogen and oxygen atoms in total. The molecular formula is C16H16BrN3O4. The summed E-state index contributed by atoms with van der Waals surface area (Å²) in [5.41, 5.74) is 4.21. The van der Waals surface area contributed by atoms with Crippen molar-refractivity contribution in [3.63, 3.8) is 0 Å². The minimum Gasteiger partial charge on any atom is -0.481 e. The van der Waals surface area contributed by atoms with E-state index in [1.54, 1.807) is 37.3 Å². The van der Waals surface area contributed by atoms with E-state index in [1.807, 2.05) is 6.07 Å². The first-order valence-corrected chi connectivity index (χ1v) is 7.91. The van der Waals surface area contributed by atoms with E-state index in [4.69, 9.17) is 4.74 Å². The predicted molar refractivity (Wildman–Crippen MR) is 91.2 cm³/mol. The lowest BCUT2D eigenvalue weighted by molar-refractivity contribution is -0.133. The number of pyridine rings is 1. The van der Waals surface area contributed by atoms with Crippen molar-refractivity contribution in [2.75, 3.05) is 0 Å². The van der Waals surface area contributed by atoms with Gasteiger partial charge in [0.15, 0.2) is 6.10 Å². The number of aromatic nitrogens is 1. The molecule has 0 fully saturated rings. The van der Waals surface area contributed by atoms with Crippen molar-refractivity contribution in [2.45, 2.75) is 19.6 Å². The van der Waals surface area contributed by atoms with Crippen molar-refractivity contribution in [3.8, 4) is 5.75 Å². The van der Waals surface area contributed by atoms with Gasteiger partial charge in [-0.3, -0.25) is 25.2 Å². The standard InChI is InChI=1S/C16H16BrN3O4/c1-11(24-13-6-4-5-12(17)9-13)16(23)19-18-14(21)10-20-8-3-2-7-15(20)22/h2-9,11H,10H2,1H3,(H,18,21)(H,19,23). The molecule has 126 valence electrons. The summed E-state index contributed by atoms with van der Waals surface area (Å²) < 4.78 is 7.53. The van der Waals surface area contributed by atoms with Crippen molar-refractivity contribution in [2.24, 2.45) is 0 Å². The van der Waals surface area contributed by atoms with Crippen LogP contribution in [-0.4, -0.2) is 22.5 Å². The summed E-state index contributed by atoms with van der Waals surface area (Å²) in [5.74, 6) is -0.510. The Labute approximate surface area is 146 Å². The monoisotopic (exact) mass is 393 g/mol. The lowest BCUT2D eigenvalue weighted by Crippen LogP contribution is -2.48. The predicted octanol–water partition coefficient (Wildman–Crippen LogP) is 1.23. The van der Waals surface area contributed by atoms with Crippen molar-refractivity contribution < 1.29 is 14.3 Å². The Morgan fingerprint density at radius 1 is 1.21 bits per heavy atom. The fraction of sp³-hybridized carbons (Fsp3) is 0.188. The van der Waals surface area contributed by atoms with E-state index in [9.17, 15) is 14.4 Å². The third kappa shape index (κ3) is 5.24. The summed E-state index contributed by atoms with van der Waals surface area (Å²) in [6.07, 6.45) is 0.682. The van der Waals surface area contributed by atoms with Gasteiger partial charge < -0.3 is 9.30 Å². The third-order valence-corrected chi connectivity index (χ3v) is 3.51. The SMILES string of the molecule is CC(Oc1cccc(Br)c1)C(=O)NNC(=O)Cn1ccccc1=O. The van der Waals surface area contributed by atoms with Gasteiger partial charge in [0.25, 0.3) is 17.4 Å². The number of ether oxygens (including phenoxy) is 1. The molecule has 0 aliphatic carbocycles. The molecule has 2 aromatic rings. The Balaban J connectivity index is 1.82. The van der Waals surface area contributed by atoms with Gasteiger partial charge in [-0.05, 0) is 31.2 Å². The van der Waals surface area contributed by atoms with Crippen LogP contribution in [0.15, 0.2) is 57.9 Å². The van der Waals surface area contributed by atoms with Crippen LogP contribution in [0, 0.1) is 0 Å². The zero-order chi connectivity index (χ0) is 17.5. The van der Waals surface area contributed by atoms with E-state index < -0.39 is 17.9 Å². The summed E-state index contributed by atoms with van der Waals surface area (Å²) >= 11 is 3.31. The molecule has 1 atom stereocenters. The van der Waals surface area contributed by atoms with Crippen LogP contribution in [0.2, 0.25) is 0 Å². The molecule has 1 aromatic carbocycles. The molecule has 24 heavy (non-hydrogen) atoms. The highest BCUT2D eigenvalue weighted by Gasteiger charge is 2.15. The van der Waals surface area contributed by atoms with Gasteiger partial charge >= 0.3 is 0 Å². The number of nitrogens with zero attached hydrogens (tertiary/aromatic N) is 1. The highest BCUT2D eigenvalue weighted by Crippen LogP contribution is 2.18. The number of benzene rings is 1. The van der Waals surface area contributed by atoms with Crippen molar-refractivity contribution in [3.05, 3.63) is 63.5 Å². The average molecular weight is 394 g/mol. The quantitative estimate of drug-likeness (QED) is 0.747. The van der Waals surface area contributed by atoms with E-state index in [0.717, 1.165) is 4.47 Å². The highest BCUT2D eigenvalue weighted by atomic mass is 79.9. The molecule has 1 unspecified atom stereocenters. The van der Waals surface area contributed by atoms with Crippen LogP contribution in [0.4, 0.5) is 0 Å². The summed E-state index contributed by atoms with van der Waals surface area (Å²) in [4.78, 5) is 35.2.